The van der Waals surface area contributed by atoms with E-state index in [9.17, 15) is 9.59 Å². The number of nitrogens with zero attached hydrogens (tertiary/aromatic N) is 2. The first-order chi connectivity index (χ1) is 8.24. The number of aliphatic carboxylic acids is 1. The number of hydrogen-bond acceptors (Lipinski definition) is 4. The topological polar surface area (TPSA) is 72.9 Å². The number of likely N-dealkylation sites (N-methyl/N-ethyl adjacent to an activating group) is 1. The van der Waals surface area contributed by atoms with Gasteiger partial charge in [0.2, 0.25) is 5.91 Å². The van der Waals surface area contributed by atoms with E-state index in [1.54, 1.807) is 4.90 Å². The van der Waals surface area contributed by atoms with Crippen LogP contribution in [0.2, 0.25) is 0 Å². The molecule has 1 atom stereocenters. The smallest absolute Gasteiger partial charge is 0.305 e. The molecule has 1 heterocycles. The van der Waals surface area contributed by atoms with Crippen molar-refractivity contribution in [3.05, 3.63) is 0 Å². The Labute approximate surface area is 108 Å². The number of amides is 1. The van der Waals surface area contributed by atoms with E-state index in [1.807, 2.05) is 32.8 Å². The number of carbonyl (C=O) groups excluding carboxylic acids is 1. The lowest BCUT2D eigenvalue weighted by Crippen LogP contribution is -2.66. The lowest BCUT2D eigenvalue weighted by Gasteiger charge is -2.45. The molecular formula is C12H23N3O3. The van der Waals surface area contributed by atoms with Gasteiger partial charge in [-0.15, -0.1) is 0 Å². The van der Waals surface area contributed by atoms with Crippen LogP contribution in [-0.4, -0.2) is 72.1 Å². The maximum absolute atomic E-state index is 12.3. The maximum Gasteiger partial charge on any atom is 0.305 e. The van der Waals surface area contributed by atoms with E-state index < -0.39 is 12.0 Å². The second-order valence-electron chi connectivity index (χ2n) is 5.64. The molecule has 2 N–H and O–H groups in total. The minimum absolute atomic E-state index is 0.115. The SMILES string of the molecule is CN(C)CCN1C(=O)C(CC(=O)O)NCC1(C)C. The molecule has 0 bridgehead atoms. The first-order valence-electron chi connectivity index (χ1n) is 6.15. The summed E-state index contributed by atoms with van der Waals surface area (Å²) in [7, 11) is 3.91. The van der Waals surface area contributed by atoms with E-state index in [0.717, 1.165) is 6.54 Å². The fourth-order valence-electron chi connectivity index (χ4n) is 2.09. The van der Waals surface area contributed by atoms with Crippen molar-refractivity contribution in [2.45, 2.75) is 31.8 Å². The van der Waals surface area contributed by atoms with Crippen LogP contribution in [0.15, 0.2) is 0 Å². The van der Waals surface area contributed by atoms with E-state index >= 15 is 0 Å². The van der Waals surface area contributed by atoms with Crippen LogP contribution in [-0.2, 0) is 9.59 Å². The zero-order chi connectivity index (χ0) is 13.9. The van der Waals surface area contributed by atoms with Gasteiger partial charge in [-0.25, -0.2) is 0 Å². The zero-order valence-corrected chi connectivity index (χ0v) is 11.6. The first-order valence-corrected chi connectivity index (χ1v) is 6.15. The van der Waals surface area contributed by atoms with Crippen LogP contribution in [0.3, 0.4) is 0 Å². The van der Waals surface area contributed by atoms with Crippen LogP contribution in [0.4, 0.5) is 0 Å². The molecule has 104 valence electrons. The Kier molecular flexibility index (Phi) is 4.70. The third kappa shape index (κ3) is 3.68. The van der Waals surface area contributed by atoms with E-state index in [-0.39, 0.29) is 17.9 Å². The summed E-state index contributed by atoms with van der Waals surface area (Å²) >= 11 is 0. The molecule has 0 aromatic rings. The minimum Gasteiger partial charge on any atom is -0.481 e. The highest BCUT2D eigenvalue weighted by Crippen LogP contribution is 2.20. The molecule has 0 radical (unpaired) electrons. The van der Waals surface area contributed by atoms with Crippen LogP contribution in [0.5, 0.6) is 0 Å². The van der Waals surface area contributed by atoms with Crippen molar-refractivity contribution in [1.29, 1.82) is 0 Å². The molecule has 6 nitrogen and oxygen atoms in total. The van der Waals surface area contributed by atoms with E-state index in [4.69, 9.17) is 5.11 Å². The highest BCUT2D eigenvalue weighted by atomic mass is 16.4. The second kappa shape index (κ2) is 5.67. The normalized spacial score (nSPS) is 23.5. The molecule has 1 unspecified atom stereocenters. The molecule has 0 aromatic carbocycles. The monoisotopic (exact) mass is 257 g/mol. The molecule has 0 saturated carbocycles. The van der Waals surface area contributed by atoms with Gasteiger partial charge in [0.25, 0.3) is 0 Å². The van der Waals surface area contributed by atoms with Gasteiger partial charge in [0.1, 0.15) is 0 Å². The number of hydrogen-bond donors (Lipinski definition) is 2. The Morgan fingerprint density at radius 2 is 2.17 bits per heavy atom. The summed E-state index contributed by atoms with van der Waals surface area (Å²) in [6.45, 7) is 5.99. The summed E-state index contributed by atoms with van der Waals surface area (Å²) in [6.07, 6.45) is -0.159. The van der Waals surface area contributed by atoms with Gasteiger partial charge in [-0.3, -0.25) is 9.59 Å². The molecule has 1 saturated heterocycles. The van der Waals surface area contributed by atoms with E-state index in [1.165, 1.54) is 0 Å². The number of piperazine rings is 1. The van der Waals surface area contributed by atoms with Gasteiger partial charge in [-0.1, -0.05) is 0 Å². The highest BCUT2D eigenvalue weighted by Gasteiger charge is 2.40. The lowest BCUT2D eigenvalue weighted by atomic mass is 9.95. The number of rotatable bonds is 5. The Morgan fingerprint density at radius 1 is 1.56 bits per heavy atom. The van der Waals surface area contributed by atoms with Crippen molar-refractivity contribution in [3.63, 3.8) is 0 Å². The number of carboxylic acids is 1. The standard InChI is InChI=1S/C12H23N3O3/c1-12(2)8-13-9(7-10(16)17)11(18)15(12)6-5-14(3)4/h9,13H,5-8H2,1-4H3,(H,16,17). The average molecular weight is 257 g/mol. The van der Waals surface area contributed by atoms with Crippen LogP contribution in [0.1, 0.15) is 20.3 Å². The van der Waals surface area contributed by atoms with Crippen LogP contribution < -0.4 is 5.32 Å². The molecule has 1 aliphatic rings. The molecule has 18 heavy (non-hydrogen) atoms. The number of carboxylic acid groups (broad SMARTS) is 1. The van der Waals surface area contributed by atoms with Crippen LogP contribution >= 0.6 is 0 Å². The largest absolute Gasteiger partial charge is 0.481 e. The van der Waals surface area contributed by atoms with Crippen molar-refractivity contribution in [2.24, 2.45) is 0 Å². The number of carbonyl (C=O) groups is 2. The Morgan fingerprint density at radius 3 is 2.67 bits per heavy atom. The third-order valence-electron chi connectivity index (χ3n) is 3.23. The molecule has 1 fully saturated rings. The molecule has 1 aliphatic heterocycles. The number of nitrogens with one attached hydrogen (secondary N) is 1. The quantitative estimate of drug-likeness (QED) is 0.701. The fraction of sp³-hybridized carbons (Fsp3) is 0.833. The van der Waals surface area contributed by atoms with Gasteiger partial charge >= 0.3 is 5.97 Å². The highest BCUT2D eigenvalue weighted by molar-refractivity contribution is 5.87. The summed E-state index contributed by atoms with van der Waals surface area (Å²) in [5.74, 6) is -1.07. The van der Waals surface area contributed by atoms with Gasteiger partial charge in [0.05, 0.1) is 12.5 Å². The third-order valence-corrected chi connectivity index (χ3v) is 3.23. The minimum atomic E-state index is -0.951. The van der Waals surface area contributed by atoms with Crippen molar-refractivity contribution >= 4 is 11.9 Å². The summed E-state index contributed by atoms with van der Waals surface area (Å²) in [6, 6.07) is -0.599. The summed E-state index contributed by atoms with van der Waals surface area (Å²) < 4.78 is 0. The first kappa shape index (κ1) is 14.9. The molecule has 0 aromatic heterocycles. The summed E-state index contributed by atoms with van der Waals surface area (Å²) in [4.78, 5) is 26.8. The van der Waals surface area contributed by atoms with Gasteiger partial charge in [-0.2, -0.15) is 0 Å². The van der Waals surface area contributed by atoms with Gasteiger partial charge in [0.15, 0.2) is 0 Å². The molecule has 0 spiro atoms. The Balaban J connectivity index is 2.74. The predicted molar refractivity (Wildman–Crippen MR) is 68.4 cm³/mol. The zero-order valence-electron chi connectivity index (χ0n) is 11.6. The van der Waals surface area contributed by atoms with Crippen molar-refractivity contribution in [3.8, 4) is 0 Å². The van der Waals surface area contributed by atoms with Gasteiger partial charge in [-0.05, 0) is 27.9 Å². The summed E-state index contributed by atoms with van der Waals surface area (Å²) in [5, 5.41) is 11.8. The molecule has 0 aliphatic carbocycles. The van der Waals surface area contributed by atoms with Crippen LogP contribution in [0, 0.1) is 0 Å². The molecular weight excluding hydrogens is 234 g/mol. The van der Waals surface area contributed by atoms with E-state index in [2.05, 4.69) is 5.32 Å². The Hall–Kier alpha value is -1.14. The predicted octanol–water partition coefficient (Wildman–Crippen LogP) is -0.398. The van der Waals surface area contributed by atoms with Gasteiger partial charge < -0.3 is 20.2 Å². The fourth-order valence-corrected chi connectivity index (χ4v) is 2.09. The molecule has 6 heteroatoms. The summed E-state index contributed by atoms with van der Waals surface area (Å²) in [5.41, 5.74) is -0.276. The van der Waals surface area contributed by atoms with Crippen LogP contribution in [0.25, 0.3) is 0 Å². The van der Waals surface area contributed by atoms with Crippen molar-refractivity contribution in [1.82, 2.24) is 15.1 Å². The maximum atomic E-state index is 12.3. The Bertz CT molecular complexity index is 329. The van der Waals surface area contributed by atoms with Crippen molar-refractivity contribution < 1.29 is 14.7 Å². The van der Waals surface area contributed by atoms with Crippen molar-refractivity contribution in [2.75, 3.05) is 33.7 Å². The lowest BCUT2D eigenvalue weighted by molar-refractivity contribution is -0.148. The molecule has 1 amide bonds. The van der Waals surface area contributed by atoms with Gasteiger partial charge in [0, 0.05) is 25.2 Å². The second-order valence-corrected chi connectivity index (χ2v) is 5.64. The molecule has 1 rings (SSSR count). The van der Waals surface area contributed by atoms with E-state index in [0.29, 0.717) is 13.1 Å². The average Bonchev–Trinajstić information content (AvgIpc) is 2.21.